The Balaban J connectivity index is 1.97. The highest BCUT2D eigenvalue weighted by atomic mass is 79.9. The molecule has 0 radical (unpaired) electrons. The average molecular weight is 319 g/mol. The van der Waals surface area contributed by atoms with Crippen LogP contribution < -0.4 is 10.2 Å². The molecule has 100 valence electrons. The van der Waals surface area contributed by atoms with Crippen LogP contribution in [0.15, 0.2) is 40.9 Å². The summed E-state index contributed by atoms with van der Waals surface area (Å²) in [5.74, 6) is 0. The Bertz CT molecular complexity index is 582. The maximum atomic E-state index is 3.53. The molecule has 1 saturated heterocycles. The van der Waals surface area contributed by atoms with Gasteiger partial charge in [-0.15, -0.1) is 0 Å². The zero-order valence-corrected chi connectivity index (χ0v) is 12.8. The van der Waals surface area contributed by atoms with E-state index in [2.05, 4.69) is 69.5 Å². The van der Waals surface area contributed by atoms with Crippen molar-refractivity contribution in [2.45, 2.75) is 19.4 Å². The van der Waals surface area contributed by atoms with Crippen molar-refractivity contribution in [3.8, 4) is 0 Å². The van der Waals surface area contributed by atoms with Crippen molar-refractivity contribution in [3.63, 3.8) is 0 Å². The average Bonchev–Trinajstić information content (AvgIpc) is 2.46. The Morgan fingerprint density at radius 2 is 2.00 bits per heavy atom. The minimum absolute atomic E-state index is 0.613. The molecule has 0 amide bonds. The van der Waals surface area contributed by atoms with Crippen LogP contribution in [0.3, 0.4) is 0 Å². The summed E-state index contributed by atoms with van der Waals surface area (Å²) in [6, 6.07) is 13.9. The van der Waals surface area contributed by atoms with Gasteiger partial charge in [-0.2, -0.15) is 0 Å². The third-order valence-electron chi connectivity index (χ3n) is 3.94. The molecule has 0 saturated carbocycles. The lowest BCUT2D eigenvalue weighted by atomic mass is 10.1. The van der Waals surface area contributed by atoms with Crippen LogP contribution in [0.1, 0.15) is 13.3 Å². The predicted molar refractivity (Wildman–Crippen MR) is 85.9 cm³/mol. The Morgan fingerprint density at radius 1 is 1.21 bits per heavy atom. The molecule has 1 heterocycles. The van der Waals surface area contributed by atoms with Crippen molar-refractivity contribution in [2.75, 3.05) is 24.5 Å². The topological polar surface area (TPSA) is 15.3 Å². The molecule has 3 heteroatoms. The summed E-state index contributed by atoms with van der Waals surface area (Å²) in [6.45, 7) is 5.53. The molecule has 3 rings (SSSR count). The zero-order valence-electron chi connectivity index (χ0n) is 11.2. The van der Waals surface area contributed by atoms with Gasteiger partial charge in [0.15, 0.2) is 0 Å². The first-order valence-electron chi connectivity index (χ1n) is 6.94. The number of piperazine rings is 1. The normalized spacial score (nSPS) is 19.9. The van der Waals surface area contributed by atoms with E-state index in [9.17, 15) is 0 Å². The summed E-state index contributed by atoms with van der Waals surface area (Å²) in [5, 5.41) is 6.09. The number of hydrogen-bond acceptors (Lipinski definition) is 2. The summed E-state index contributed by atoms with van der Waals surface area (Å²) in [5.41, 5.74) is 1.35. The van der Waals surface area contributed by atoms with E-state index in [1.807, 2.05) is 0 Å². The van der Waals surface area contributed by atoms with Crippen LogP contribution in [-0.4, -0.2) is 25.7 Å². The second-order valence-electron chi connectivity index (χ2n) is 5.14. The standard InChI is InChI=1S/C16H19BrN2/c1-2-15-11-18-7-8-19(15)16-6-4-12-9-14(17)5-3-13(12)10-16/h3-6,9-10,15,18H,2,7-8,11H2,1H3. The smallest absolute Gasteiger partial charge is 0.0412 e. The molecule has 2 aromatic rings. The van der Waals surface area contributed by atoms with Gasteiger partial charge in [0, 0.05) is 35.8 Å². The highest BCUT2D eigenvalue weighted by Crippen LogP contribution is 2.27. The van der Waals surface area contributed by atoms with E-state index in [0.717, 1.165) is 24.1 Å². The number of rotatable bonds is 2. The van der Waals surface area contributed by atoms with Crippen molar-refractivity contribution in [3.05, 3.63) is 40.9 Å². The predicted octanol–water partition coefficient (Wildman–Crippen LogP) is 3.79. The van der Waals surface area contributed by atoms with Gasteiger partial charge >= 0.3 is 0 Å². The second-order valence-corrected chi connectivity index (χ2v) is 6.05. The molecule has 0 spiro atoms. The zero-order chi connectivity index (χ0) is 13.2. The van der Waals surface area contributed by atoms with E-state index >= 15 is 0 Å². The first-order chi connectivity index (χ1) is 9.28. The lowest BCUT2D eigenvalue weighted by Gasteiger charge is -2.37. The highest BCUT2D eigenvalue weighted by Gasteiger charge is 2.20. The number of nitrogens with one attached hydrogen (secondary N) is 1. The number of anilines is 1. The third-order valence-corrected chi connectivity index (χ3v) is 4.43. The van der Waals surface area contributed by atoms with Gasteiger partial charge in [0.2, 0.25) is 0 Å². The molecule has 0 bridgehead atoms. The van der Waals surface area contributed by atoms with E-state index in [0.29, 0.717) is 6.04 Å². The van der Waals surface area contributed by atoms with Gasteiger partial charge in [-0.1, -0.05) is 35.0 Å². The maximum Gasteiger partial charge on any atom is 0.0412 e. The van der Waals surface area contributed by atoms with Crippen LogP contribution in [0, 0.1) is 0 Å². The molecular weight excluding hydrogens is 300 g/mol. The first-order valence-corrected chi connectivity index (χ1v) is 7.74. The fourth-order valence-electron chi connectivity index (χ4n) is 2.85. The van der Waals surface area contributed by atoms with E-state index < -0.39 is 0 Å². The van der Waals surface area contributed by atoms with Gasteiger partial charge in [-0.3, -0.25) is 0 Å². The molecule has 1 aliphatic rings. The second kappa shape index (κ2) is 5.51. The van der Waals surface area contributed by atoms with Crippen LogP contribution in [-0.2, 0) is 0 Å². The van der Waals surface area contributed by atoms with Crippen LogP contribution in [0.5, 0.6) is 0 Å². The van der Waals surface area contributed by atoms with Gasteiger partial charge in [-0.05, 0) is 41.5 Å². The molecule has 1 aliphatic heterocycles. The molecule has 1 atom stereocenters. The minimum atomic E-state index is 0.613. The van der Waals surface area contributed by atoms with Crippen LogP contribution in [0.4, 0.5) is 5.69 Å². The van der Waals surface area contributed by atoms with Crippen molar-refractivity contribution in [1.82, 2.24) is 5.32 Å². The Labute approximate surface area is 122 Å². The van der Waals surface area contributed by atoms with Crippen LogP contribution in [0.25, 0.3) is 10.8 Å². The Hall–Kier alpha value is -1.06. The largest absolute Gasteiger partial charge is 0.366 e. The number of nitrogens with zero attached hydrogens (tertiary/aromatic N) is 1. The maximum absolute atomic E-state index is 3.53. The number of benzene rings is 2. The van der Waals surface area contributed by atoms with E-state index in [1.165, 1.54) is 22.9 Å². The van der Waals surface area contributed by atoms with Gasteiger partial charge in [0.1, 0.15) is 0 Å². The molecule has 0 aromatic heterocycles. The third kappa shape index (κ3) is 2.63. The highest BCUT2D eigenvalue weighted by molar-refractivity contribution is 9.10. The van der Waals surface area contributed by atoms with Gasteiger partial charge in [-0.25, -0.2) is 0 Å². The molecule has 2 nitrogen and oxygen atoms in total. The van der Waals surface area contributed by atoms with Crippen molar-refractivity contribution in [2.24, 2.45) is 0 Å². The SMILES string of the molecule is CCC1CNCCN1c1ccc2cc(Br)ccc2c1. The Kier molecular flexibility index (Phi) is 3.76. The number of hydrogen-bond donors (Lipinski definition) is 1. The monoisotopic (exact) mass is 318 g/mol. The lowest BCUT2D eigenvalue weighted by Crippen LogP contribution is -2.51. The van der Waals surface area contributed by atoms with Crippen LogP contribution in [0.2, 0.25) is 0 Å². The molecule has 1 fully saturated rings. The van der Waals surface area contributed by atoms with Crippen molar-refractivity contribution in [1.29, 1.82) is 0 Å². The van der Waals surface area contributed by atoms with Gasteiger partial charge in [0.25, 0.3) is 0 Å². The number of fused-ring (bicyclic) bond motifs is 1. The summed E-state index contributed by atoms with van der Waals surface area (Å²) in [4.78, 5) is 2.54. The van der Waals surface area contributed by atoms with Gasteiger partial charge < -0.3 is 10.2 Å². The molecule has 2 aromatic carbocycles. The van der Waals surface area contributed by atoms with Crippen LogP contribution >= 0.6 is 15.9 Å². The molecular formula is C16H19BrN2. The van der Waals surface area contributed by atoms with Crippen molar-refractivity contribution < 1.29 is 0 Å². The number of halogens is 1. The summed E-state index contributed by atoms with van der Waals surface area (Å²) in [7, 11) is 0. The fraction of sp³-hybridized carbons (Fsp3) is 0.375. The summed E-state index contributed by atoms with van der Waals surface area (Å²) < 4.78 is 1.14. The lowest BCUT2D eigenvalue weighted by molar-refractivity contribution is 0.466. The van der Waals surface area contributed by atoms with E-state index in [-0.39, 0.29) is 0 Å². The fourth-order valence-corrected chi connectivity index (χ4v) is 3.23. The molecule has 1 N–H and O–H groups in total. The summed E-state index contributed by atoms with van der Waals surface area (Å²) in [6.07, 6.45) is 1.19. The van der Waals surface area contributed by atoms with Gasteiger partial charge in [0.05, 0.1) is 0 Å². The summed E-state index contributed by atoms with van der Waals surface area (Å²) >= 11 is 3.53. The quantitative estimate of drug-likeness (QED) is 0.906. The first kappa shape index (κ1) is 12.9. The molecule has 19 heavy (non-hydrogen) atoms. The molecule has 0 aliphatic carbocycles. The minimum Gasteiger partial charge on any atom is -0.366 e. The van der Waals surface area contributed by atoms with E-state index in [4.69, 9.17) is 0 Å². The van der Waals surface area contributed by atoms with Crippen molar-refractivity contribution >= 4 is 32.4 Å². The van der Waals surface area contributed by atoms with E-state index in [1.54, 1.807) is 0 Å². The Morgan fingerprint density at radius 3 is 2.84 bits per heavy atom. The molecule has 1 unspecified atom stereocenters.